The van der Waals surface area contributed by atoms with Gasteiger partial charge in [-0.25, -0.2) is 0 Å². The largest absolute Gasteiger partial charge is 0.496 e. The lowest BCUT2D eigenvalue weighted by atomic mass is 10.1. The molecule has 2 aromatic rings. The fourth-order valence-corrected chi connectivity index (χ4v) is 3.09. The van der Waals surface area contributed by atoms with Gasteiger partial charge in [-0.3, -0.25) is 9.78 Å². The van der Waals surface area contributed by atoms with Crippen molar-refractivity contribution < 1.29 is 9.53 Å². The zero-order chi connectivity index (χ0) is 16.9. The van der Waals surface area contributed by atoms with Crippen LogP contribution in [0.1, 0.15) is 11.1 Å². The van der Waals surface area contributed by atoms with E-state index in [0.717, 1.165) is 48.7 Å². The number of anilines is 1. The lowest BCUT2D eigenvalue weighted by molar-refractivity contribution is -0.130. The fourth-order valence-electron chi connectivity index (χ4n) is 3.09. The van der Waals surface area contributed by atoms with Crippen LogP contribution >= 0.6 is 0 Å². The maximum Gasteiger partial charge on any atom is 0.227 e. The quantitative estimate of drug-likeness (QED) is 0.865. The Labute approximate surface area is 142 Å². The summed E-state index contributed by atoms with van der Waals surface area (Å²) in [6.07, 6.45) is 3.99. The summed E-state index contributed by atoms with van der Waals surface area (Å²) in [4.78, 5) is 20.9. The second-order valence-corrected chi connectivity index (χ2v) is 6.07. The molecule has 1 aliphatic rings. The van der Waals surface area contributed by atoms with E-state index in [-0.39, 0.29) is 5.91 Å². The van der Waals surface area contributed by atoms with E-state index in [9.17, 15) is 4.79 Å². The summed E-state index contributed by atoms with van der Waals surface area (Å²) in [5.41, 5.74) is 3.26. The van der Waals surface area contributed by atoms with E-state index < -0.39 is 0 Å². The Hall–Kier alpha value is -2.56. The van der Waals surface area contributed by atoms with E-state index in [1.165, 1.54) is 0 Å². The molecule has 0 bridgehead atoms. The number of ether oxygens (including phenoxy) is 1. The van der Waals surface area contributed by atoms with E-state index in [0.29, 0.717) is 6.42 Å². The van der Waals surface area contributed by atoms with Gasteiger partial charge in [-0.05, 0) is 25.1 Å². The van der Waals surface area contributed by atoms with Gasteiger partial charge in [0.1, 0.15) is 5.75 Å². The molecule has 5 nitrogen and oxygen atoms in total. The SMILES string of the molecule is COc1ccc(C)cc1CC(=O)N1CCN(c2ccncc2)CC1. The number of aryl methyl sites for hydroxylation is 1. The molecule has 3 rings (SSSR count). The highest BCUT2D eigenvalue weighted by atomic mass is 16.5. The summed E-state index contributed by atoms with van der Waals surface area (Å²) in [5, 5.41) is 0. The maximum atomic E-state index is 12.6. The molecule has 1 aliphatic heterocycles. The maximum absolute atomic E-state index is 12.6. The molecule has 0 unspecified atom stereocenters. The molecule has 1 fully saturated rings. The lowest BCUT2D eigenvalue weighted by Crippen LogP contribution is -2.49. The monoisotopic (exact) mass is 325 g/mol. The fraction of sp³-hybridized carbons (Fsp3) is 0.368. The van der Waals surface area contributed by atoms with Gasteiger partial charge < -0.3 is 14.5 Å². The first-order valence-electron chi connectivity index (χ1n) is 8.23. The number of amides is 1. The van der Waals surface area contributed by atoms with Crippen LogP contribution in [0.3, 0.4) is 0 Å². The molecule has 24 heavy (non-hydrogen) atoms. The summed E-state index contributed by atoms with van der Waals surface area (Å²) in [6.45, 7) is 5.22. The Bertz CT molecular complexity index is 695. The number of methoxy groups -OCH3 is 1. The molecule has 1 aromatic carbocycles. The van der Waals surface area contributed by atoms with Gasteiger partial charge in [-0.2, -0.15) is 0 Å². The van der Waals surface area contributed by atoms with E-state index >= 15 is 0 Å². The summed E-state index contributed by atoms with van der Waals surface area (Å²) in [7, 11) is 1.64. The molecular weight excluding hydrogens is 302 g/mol. The summed E-state index contributed by atoms with van der Waals surface area (Å²) in [6, 6.07) is 9.98. The van der Waals surface area contributed by atoms with E-state index in [1.54, 1.807) is 19.5 Å². The van der Waals surface area contributed by atoms with Gasteiger partial charge in [0.15, 0.2) is 0 Å². The van der Waals surface area contributed by atoms with Gasteiger partial charge in [0, 0.05) is 49.8 Å². The molecule has 0 spiro atoms. The van der Waals surface area contributed by atoms with Gasteiger partial charge in [-0.15, -0.1) is 0 Å². The minimum absolute atomic E-state index is 0.160. The van der Waals surface area contributed by atoms with Crippen molar-refractivity contribution >= 4 is 11.6 Å². The van der Waals surface area contributed by atoms with Crippen LogP contribution in [-0.4, -0.2) is 49.1 Å². The number of carbonyl (C=O) groups is 1. The minimum Gasteiger partial charge on any atom is -0.496 e. The van der Waals surface area contributed by atoms with Crippen molar-refractivity contribution in [1.82, 2.24) is 9.88 Å². The highest BCUT2D eigenvalue weighted by molar-refractivity contribution is 5.80. The first-order valence-corrected chi connectivity index (χ1v) is 8.23. The van der Waals surface area contributed by atoms with Crippen LogP contribution in [0.15, 0.2) is 42.7 Å². The number of nitrogens with zero attached hydrogens (tertiary/aromatic N) is 3. The van der Waals surface area contributed by atoms with Gasteiger partial charge in [0.25, 0.3) is 0 Å². The molecule has 2 heterocycles. The number of rotatable bonds is 4. The number of benzene rings is 1. The number of aromatic nitrogens is 1. The third-order valence-corrected chi connectivity index (χ3v) is 4.44. The second-order valence-electron chi connectivity index (χ2n) is 6.07. The van der Waals surface area contributed by atoms with Crippen molar-refractivity contribution in [1.29, 1.82) is 0 Å². The number of carbonyl (C=O) groups excluding carboxylic acids is 1. The average Bonchev–Trinajstić information content (AvgIpc) is 2.63. The Morgan fingerprint density at radius 2 is 1.83 bits per heavy atom. The highest BCUT2D eigenvalue weighted by Gasteiger charge is 2.22. The number of piperazine rings is 1. The van der Waals surface area contributed by atoms with Gasteiger partial charge in [-0.1, -0.05) is 17.7 Å². The van der Waals surface area contributed by atoms with Gasteiger partial charge >= 0.3 is 0 Å². The van der Waals surface area contributed by atoms with Crippen LogP contribution in [0.4, 0.5) is 5.69 Å². The van der Waals surface area contributed by atoms with Crippen molar-refractivity contribution in [2.45, 2.75) is 13.3 Å². The van der Waals surface area contributed by atoms with Crippen LogP contribution in [0, 0.1) is 6.92 Å². The van der Waals surface area contributed by atoms with Crippen LogP contribution < -0.4 is 9.64 Å². The Morgan fingerprint density at radius 3 is 2.50 bits per heavy atom. The van der Waals surface area contributed by atoms with E-state index in [4.69, 9.17) is 4.74 Å². The zero-order valence-electron chi connectivity index (χ0n) is 14.2. The second kappa shape index (κ2) is 7.34. The van der Waals surface area contributed by atoms with Crippen LogP contribution in [0.5, 0.6) is 5.75 Å². The molecule has 126 valence electrons. The smallest absolute Gasteiger partial charge is 0.227 e. The molecule has 1 aromatic heterocycles. The number of hydrogen-bond acceptors (Lipinski definition) is 4. The van der Waals surface area contributed by atoms with Gasteiger partial charge in [0.2, 0.25) is 5.91 Å². The van der Waals surface area contributed by atoms with Crippen molar-refractivity contribution in [3.8, 4) is 5.75 Å². The first-order chi connectivity index (χ1) is 11.7. The van der Waals surface area contributed by atoms with Gasteiger partial charge in [0.05, 0.1) is 13.5 Å². The predicted octanol–water partition coefficient (Wildman–Crippen LogP) is 2.29. The molecule has 0 aliphatic carbocycles. The Balaban J connectivity index is 1.61. The molecule has 1 saturated heterocycles. The van der Waals surface area contributed by atoms with Crippen molar-refractivity contribution in [2.24, 2.45) is 0 Å². The molecule has 0 radical (unpaired) electrons. The van der Waals surface area contributed by atoms with Crippen LogP contribution in [0.2, 0.25) is 0 Å². The summed E-state index contributed by atoms with van der Waals surface area (Å²) in [5.74, 6) is 0.942. The molecule has 1 amide bonds. The minimum atomic E-state index is 0.160. The molecule has 0 N–H and O–H groups in total. The molecular formula is C19H23N3O2. The number of hydrogen-bond donors (Lipinski definition) is 0. The average molecular weight is 325 g/mol. The topological polar surface area (TPSA) is 45.7 Å². The van der Waals surface area contributed by atoms with E-state index in [2.05, 4.69) is 9.88 Å². The standard InChI is InChI=1S/C19H23N3O2/c1-15-3-4-18(24-2)16(13-15)14-19(23)22-11-9-21(10-12-22)17-5-7-20-8-6-17/h3-8,13H,9-12,14H2,1-2H3. The lowest BCUT2D eigenvalue weighted by Gasteiger charge is -2.36. The normalized spacial score (nSPS) is 14.6. The van der Waals surface area contributed by atoms with Crippen molar-refractivity contribution in [2.75, 3.05) is 38.2 Å². The molecule has 5 heteroatoms. The van der Waals surface area contributed by atoms with Crippen LogP contribution in [-0.2, 0) is 11.2 Å². The summed E-state index contributed by atoms with van der Waals surface area (Å²) >= 11 is 0. The predicted molar refractivity (Wildman–Crippen MR) is 94.5 cm³/mol. The summed E-state index contributed by atoms with van der Waals surface area (Å²) < 4.78 is 5.38. The highest BCUT2D eigenvalue weighted by Crippen LogP contribution is 2.21. The van der Waals surface area contributed by atoms with Crippen molar-refractivity contribution in [3.05, 3.63) is 53.9 Å². The third kappa shape index (κ3) is 3.67. The first kappa shape index (κ1) is 16.3. The van der Waals surface area contributed by atoms with Crippen LogP contribution in [0.25, 0.3) is 0 Å². The third-order valence-electron chi connectivity index (χ3n) is 4.44. The van der Waals surface area contributed by atoms with Crippen molar-refractivity contribution in [3.63, 3.8) is 0 Å². The Morgan fingerprint density at radius 1 is 1.12 bits per heavy atom. The molecule has 0 saturated carbocycles. The Kier molecular flexibility index (Phi) is 4.99. The molecule has 0 atom stereocenters. The number of pyridine rings is 1. The zero-order valence-corrected chi connectivity index (χ0v) is 14.2. The van der Waals surface area contributed by atoms with E-state index in [1.807, 2.05) is 42.2 Å².